The zero-order valence-corrected chi connectivity index (χ0v) is 14.2. The molecule has 1 rings (SSSR count). The van der Waals surface area contributed by atoms with E-state index in [-0.39, 0.29) is 5.75 Å². The van der Waals surface area contributed by atoms with Crippen molar-refractivity contribution in [2.45, 2.75) is 26.8 Å². The van der Waals surface area contributed by atoms with Gasteiger partial charge in [0.1, 0.15) is 0 Å². The summed E-state index contributed by atoms with van der Waals surface area (Å²) in [5, 5.41) is 6.43. The average Bonchev–Trinajstić information content (AvgIpc) is 3.00. The van der Waals surface area contributed by atoms with Crippen LogP contribution < -0.4 is 15.4 Å². The zero-order chi connectivity index (χ0) is 16.3. The maximum absolute atomic E-state index is 11.3. The fraction of sp³-hybridized carbons (Fsp3) is 0.643. The molecule has 8 heteroatoms. The summed E-state index contributed by atoms with van der Waals surface area (Å²) in [5.74, 6) is 0.868. The normalized spacial score (nSPS) is 12.4. The van der Waals surface area contributed by atoms with Crippen LogP contribution in [0.3, 0.4) is 0 Å². The quantitative estimate of drug-likeness (QED) is 0.329. The maximum Gasteiger partial charge on any atom is 0.211 e. The fourth-order valence-electron chi connectivity index (χ4n) is 1.76. The van der Waals surface area contributed by atoms with Crippen molar-refractivity contribution < 1.29 is 8.42 Å². The average molecular weight is 329 g/mol. The van der Waals surface area contributed by atoms with Gasteiger partial charge in [0.15, 0.2) is 5.96 Å². The molecule has 3 N–H and O–H groups in total. The van der Waals surface area contributed by atoms with E-state index in [1.54, 1.807) is 6.92 Å². The topological polar surface area (TPSA) is 87.5 Å². The Morgan fingerprint density at radius 1 is 1.14 bits per heavy atom. The van der Waals surface area contributed by atoms with Crippen molar-refractivity contribution in [1.82, 2.24) is 19.9 Å². The predicted octanol–water partition coefficient (Wildman–Crippen LogP) is 0.373. The minimum atomic E-state index is -3.10. The van der Waals surface area contributed by atoms with Gasteiger partial charge in [0.25, 0.3) is 0 Å². The van der Waals surface area contributed by atoms with Crippen LogP contribution in [0.4, 0.5) is 0 Å². The molecule has 1 aromatic rings. The van der Waals surface area contributed by atoms with Crippen LogP contribution in [0.5, 0.6) is 0 Å². The smallest absolute Gasteiger partial charge is 0.211 e. The van der Waals surface area contributed by atoms with Gasteiger partial charge in [-0.3, -0.25) is 4.99 Å². The van der Waals surface area contributed by atoms with E-state index in [9.17, 15) is 8.42 Å². The summed E-state index contributed by atoms with van der Waals surface area (Å²) in [4.78, 5) is 4.43. The van der Waals surface area contributed by atoms with Crippen LogP contribution in [-0.4, -0.2) is 50.9 Å². The third-order valence-corrected chi connectivity index (χ3v) is 4.38. The lowest BCUT2D eigenvalue weighted by atomic mass is 10.4. The molecular formula is C14H27N5O2S. The van der Waals surface area contributed by atoms with E-state index in [0.717, 1.165) is 25.6 Å². The molecule has 0 amide bonds. The highest BCUT2D eigenvalue weighted by Gasteiger charge is 2.04. The molecule has 0 saturated heterocycles. The number of nitrogens with zero attached hydrogens (tertiary/aromatic N) is 2. The van der Waals surface area contributed by atoms with Gasteiger partial charge in [-0.2, -0.15) is 0 Å². The lowest BCUT2D eigenvalue weighted by Crippen LogP contribution is -2.39. The third-order valence-electron chi connectivity index (χ3n) is 2.98. The van der Waals surface area contributed by atoms with Crippen LogP contribution >= 0.6 is 0 Å². The van der Waals surface area contributed by atoms with Gasteiger partial charge in [-0.1, -0.05) is 0 Å². The molecule has 0 radical (unpaired) electrons. The molecule has 0 aliphatic rings. The predicted molar refractivity (Wildman–Crippen MR) is 90.5 cm³/mol. The van der Waals surface area contributed by atoms with E-state index in [1.165, 1.54) is 0 Å². The molecule has 0 saturated carbocycles. The number of nitrogens with one attached hydrogen (secondary N) is 3. The number of sulfonamides is 1. The van der Waals surface area contributed by atoms with Crippen LogP contribution in [-0.2, 0) is 16.6 Å². The van der Waals surface area contributed by atoms with Crippen LogP contribution in [0.1, 0.15) is 20.3 Å². The van der Waals surface area contributed by atoms with Crippen LogP contribution in [0.15, 0.2) is 29.5 Å². The Kier molecular flexibility index (Phi) is 8.61. The first kappa shape index (κ1) is 18.5. The standard InChI is InChI=1S/C14H27N5O2S/c1-3-15-14(17-10-13-19-11-5-6-12-19)16-8-7-9-18-22(20,21)4-2/h5-6,11-12,18H,3-4,7-10,13H2,1-2H3,(H2,15,16,17). The van der Waals surface area contributed by atoms with Gasteiger partial charge >= 0.3 is 0 Å². The second-order valence-electron chi connectivity index (χ2n) is 4.76. The maximum atomic E-state index is 11.3. The molecule has 22 heavy (non-hydrogen) atoms. The van der Waals surface area contributed by atoms with Crippen molar-refractivity contribution in [2.24, 2.45) is 4.99 Å². The first-order valence-electron chi connectivity index (χ1n) is 7.67. The van der Waals surface area contributed by atoms with Gasteiger partial charge in [0, 0.05) is 45.1 Å². The van der Waals surface area contributed by atoms with E-state index in [0.29, 0.717) is 19.5 Å². The molecule has 0 atom stereocenters. The molecule has 0 unspecified atom stereocenters. The van der Waals surface area contributed by atoms with Crippen molar-refractivity contribution in [3.05, 3.63) is 24.5 Å². The second kappa shape index (κ2) is 10.2. The molecule has 0 fully saturated rings. The summed E-state index contributed by atoms with van der Waals surface area (Å²) in [5.41, 5.74) is 0. The Morgan fingerprint density at radius 3 is 2.50 bits per heavy atom. The minimum Gasteiger partial charge on any atom is -0.357 e. The van der Waals surface area contributed by atoms with Gasteiger partial charge in [0.05, 0.1) is 5.75 Å². The number of hydrogen-bond donors (Lipinski definition) is 3. The zero-order valence-electron chi connectivity index (χ0n) is 13.4. The highest BCUT2D eigenvalue weighted by molar-refractivity contribution is 7.89. The molecule has 126 valence electrons. The SMILES string of the molecule is CCNC(=NCCCNS(=O)(=O)CC)NCCn1cccc1. The minimum absolute atomic E-state index is 0.111. The highest BCUT2D eigenvalue weighted by atomic mass is 32.2. The summed E-state index contributed by atoms with van der Waals surface area (Å²) in [7, 11) is -3.10. The fourth-order valence-corrected chi connectivity index (χ4v) is 2.42. The Hall–Kier alpha value is -1.54. The summed E-state index contributed by atoms with van der Waals surface area (Å²) in [6.45, 7) is 7.07. The van der Waals surface area contributed by atoms with Gasteiger partial charge in [-0.05, 0) is 32.4 Å². The summed E-state index contributed by atoms with van der Waals surface area (Å²) < 4.78 is 27.2. The Labute approximate surface area is 133 Å². The van der Waals surface area contributed by atoms with Gasteiger partial charge in [0.2, 0.25) is 10.0 Å². The van der Waals surface area contributed by atoms with E-state index < -0.39 is 10.0 Å². The van der Waals surface area contributed by atoms with E-state index in [1.807, 2.05) is 31.5 Å². The van der Waals surface area contributed by atoms with Gasteiger partial charge in [-0.25, -0.2) is 13.1 Å². The monoisotopic (exact) mass is 329 g/mol. The lowest BCUT2D eigenvalue weighted by molar-refractivity contribution is 0.581. The van der Waals surface area contributed by atoms with Crippen molar-refractivity contribution >= 4 is 16.0 Å². The van der Waals surface area contributed by atoms with Crippen LogP contribution in [0.2, 0.25) is 0 Å². The molecule has 0 bridgehead atoms. The lowest BCUT2D eigenvalue weighted by Gasteiger charge is -2.11. The van der Waals surface area contributed by atoms with E-state index >= 15 is 0 Å². The molecule has 1 heterocycles. The van der Waals surface area contributed by atoms with Crippen LogP contribution in [0.25, 0.3) is 0 Å². The largest absolute Gasteiger partial charge is 0.357 e. The number of hydrogen-bond acceptors (Lipinski definition) is 3. The summed E-state index contributed by atoms with van der Waals surface area (Å²) in [6, 6.07) is 3.99. The third kappa shape index (κ3) is 8.04. The molecule has 0 aliphatic heterocycles. The highest BCUT2D eigenvalue weighted by Crippen LogP contribution is 1.89. The first-order chi connectivity index (χ1) is 10.6. The molecule has 0 aliphatic carbocycles. The van der Waals surface area contributed by atoms with Crippen molar-refractivity contribution in [3.8, 4) is 0 Å². The molecule has 7 nitrogen and oxygen atoms in total. The molecule has 1 aromatic heterocycles. The Morgan fingerprint density at radius 2 is 1.86 bits per heavy atom. The van der Waals surface area contributed by atoms with E-state index in [2.05, 4.69) is 24.9 Å². The number of aromatic nitrogens is 1. The van der Waals surface area contributed by atoms with Crippen LogP contribution in [0, 0.1) is 0 Å². The molecular weight excluding hydrogens is 302 g/mol. The first-order valence-corrected chi connectivity index (χ1v) is 9.33. The van der Waals surface area contributed by atoms with Gasteiger partial charge in [-0.15, -0.1) is 0 Å². The van der Waals surface area contributed by atoms with E-state index in [4.69, 9.17) is 0 Å². The number of guanidine groups is 1. The van der Waals surface area contributed by atoms with Crippen molar-refractivity contribution in [1.29, 1.82) is 0 Å². The summed E-state index contributed by atoms with van der Waals surface area (Å²) >= 11 is 0. The Balaban J connectivity index is 2.26. The molecule has 0 aromatic carbocycles. The Bertz CT molecular complexity index is 525. The molecule has 0 spiro atoms. The summed E-state index contributed by atoms with van der Waals surface area (Å²) in [6.07, 6.45) is 4.71. The number of aliphatic imine (C=N–C) groups is 1. The van der Waals surface area contributed by atoms with Crippen molar-refractivity contribution in [3.63, 3.8) is 0 Å². The van der Waals surface area contributed by atoms with Crippen molar-refractivity contribution in [2.75, 3.05) is 31.9 Å². The number of rotatable bonds is 10. The van der Waals surface area contributed by atoms with Gasteiger partial charge < -0.3 is 15.2 Å². The second-order valence-corrected chi connectivity index (χ2v) is 6.86.